The lowest BCUT2D eigenvalue weighted by Gasteiger charge is -2.06. The Morgan fingerprint density at radius 2 is 2.14 bits per heavy atom. The number of methoxy groups -OCH3 is 1. The number of carbonyl (C=O) groups excluding carboxylic acids is 1. The fourth-order valence-electron chi connectivity index (χ4n) is 1.05. The van der Waals surface area contributed by atoms with E-state index in [4.69, 9.17) is 9.84 Å². The maximum atomic E-state index is 10.6. The van der Waals surface area contributed by atoms with E-state index in [1.807, 2.05) is 0 Å². The van der Waals surface area contributed by atoms with E-state index in [1.54, 1.807) is 0 Å². The molecule has 0 saturated heterocycles. The molecule has 0 aromatic heterocycles. The largest absolute Gasteiger partial charge is 0.506 e. The number of aromatic hydroxyl groups is 1. The smallest absolute Gasteiger partial charge is 0.339 e. The highest BCUT2D eigenvalue weighted by Crippen LogP contribution is 2.29. The number of phenols is 1. The molecular weight excluding hydrogens is 188 g/mol. The van der Waals surface area contributed by atoms with Crippen molar-refractivity contribution in [1.82, 2.24) is 0 Å². The van der Waals surface area contributed by atoms with Crippen LogP contribution in [0.2, 0.25) is 0 Å². The van der Waals surface area contributed by atoms with Crippen LogP contribution in [0.3, 0.4) is 0 Å². The van der Waals surface area contributed by atoms with Crippen molar-refractivity contribution in [1.29, 1.82) is 0 Å². The molecule has 5 nitrogen and oxygen atoms in total. The minimum absolute atomic E-state index is 0.141. The van der Waals surface area contributed by atoms with Crippen molar-refractivity contribution >= 4 is 12.3 Å². The summed E-state index contributed by atoms with van der Waals surface area (Å²) in [6.45, 7) is 0. The molecule has 0 unspecified atom stereocenters. The van der Waals surface area contributed by atoms with Crippen LogP contribution in [0.1, 0.15) is 20.7 Å². The third-order valence-electron chi connectivity index (χ3n) is 1.75. The van der Waals surface area contributed by atoms with E-state index in [2.05, 4.69) is 0 Å². The van der Waals surface area contributed by atoms with E-state index < -0.39 is 11.7 Å². The van der Waals surface area contributed by atoms with Crippen molar-refractivity contribution in [2.24, 2.45) is 0 Å². The number of carboxylic acids is 1. The van der Waals surface area contributed by atoms with Gasteiger partial charge in [-0.1, -0.05) is 0 Å². The molecule has 0 heterocycles. The van der Waals surface area contributed by atoms with Gasteiger partial charge in [-0.2, -0.15) is 0 Å². The normalized spacial score (nSPS) is 9.50. The highest BCUT2D eigenvalue weighted by molar-refractivity contribution is 5.96. The van der Waals surface area contributed by atoms with Crippen molar-refractivity contribution in [3.8, 4) is 11.5 Å². The van der Waals surface area contributed by atoms with Crippen LogP contribution in [0, 0.1) is 0 Å². The first kappa shape index (κ1) is 10.0. The van der Waals surface area contributed by atoms with E-state index in [1.165, 1.54) is 19.2 Å². The number of aldehydes is 1. The van der Waals surface area contributed by atoms with Crippen LogP contribution < -0.4 is 4.74 Å². The molecule has 0 amide bonds. The molecule has 0 aliphatic carbocycles. The topological polar surface area (TPSA) is 83.8 Å². The second kappa shape index (κ2) is 3.78. The third kappa shape index (κ3) is 1.52. The Balaban J connectivity index is 3.42. The Morgan fingerprint density at radius 1 is 1.50 bits per heavy atom. The summed E-state index contributed by atoms with van der Waals surface area (Å²) in [4.78, 5) is 21.1. The summed E-state index contributed by atoms with van der Waals surface area (Å²) in [6, 6.07) is 2.48. The number of ether oxygens (including phenoxy) is 1. The Labute approximate surface area is 79.6 Å². The standard InChI is InChI=1S/C9H8O5/c1-14-7-3-2-5(9(12)13)8(11)6(7)4-10/h2-4,11H,1H3,(H,12,13). The van der Waals surface area contributed by atoms with Crippen molar-refractivity contribution in [2.75, 3.05) is 7.11 Å². The number of aromatic carboxylic acids is 1. The average molecular weight is 196 g/mol. The number of carbonyl (C=O) groups is 2. The molecule has 0 aliphatic heterocycles. The van der Waals surface area contributed by atoms with Gasteiger partial charge in [-0.05, 0) is 12.1 Å². The van der Waals surface area contributed by atoms with Gasteiger partial charge in [0.15, 0.2) is 6.29 Å². The van der Waals surface area contributed by atoms with Crippen molar-refractivity contribution < 1.29 is 24.5 Å². The molecule has 2 N–H and O–H groups in total. The minimum Gasteiger partial charge on any atom is -0.506 e. The maximum Gasteiger partial charge on any atom is 0.339 e. The molecule has 0 bridgehead atoms. The van der Waals surface area contributed by atoms with Gasteiger partial charge in [-0.15, -0.1) is 0 Å². The van der Waals surface area contributed by atoms with Gasteiger partial charge < -0.3 is 14.9 Å². The first-order valence-electron chi connectivity index (χ1n) is 3.70. The van der Waals surface area contributed by atoms with Crippen LogP contribution in [-0.2, 0) is 0 Å². The number of hydrogen-bond donors (Lipinski definition) is 2. The molecule has 74 valence electrons. The third-order valence-corrected chi connectivity index (χ3v) is 1.75. The van der Waals surface area contributed by atoms with Crippen LogP contribution in [0.25, 0.3) is 0 Å². The lowest BCUT2D eigenvalue weighted by Crippen LogP contribution is -2.00. The van der Waals surface area contributed by atoms with Gasteiger partial charge in [0.05, 0.1) is 12.7 Å². The fraction of sp³-hybridized carbons (Fsp3) is 0.111. The van der Waals surface area contributed by atoms with Crippen molar-refractivity contribution in [3.63, 3.8) is 0 Å². The van der Waals surface area contributed by atoms with E-state index in [-0.39, 0.29) is 16.9 Å². The van der Waals surface area contributed by atoms with E-state index in [0.717, 1.165) is 0 Å². The van der Waals surface area contributed by atoms with E-state index in [0.29, 0.717) is 6.29 Å². The van der Waals surface area contributed by atoms with Gasteiger partial charge in [0, 0.05) is 0 Å². The molecule has 0 atom stereocenters. The van der Waals surface area contributed by atoms with Gasteiger partial charge >= 0.3 is 5.97 Å². The lowest BCUT2D eigenvalue weighted by molar-refractivity contribution is 0.0693. The lowest BCUT2D eigenvalue weighted by atomic mass is 10.1. The van der Waals surface area contributed by atoms with Crippen LogP contribution >= 0.6 is 0 Å². The van der Waals surface area contributed by atoms with E-state index in [9.17, 15) is 14.7 Å². The number of carboxylic acid groups (broad SMARTS) is 1. The van der Waals surface area contributed by atoms with Crippen LogP contribution in [-0.4, -0.2) is 29.6 Å². The molecule has 14 heavy (non-hydrogen) atoms. The zero-order valence-corrected chi connectivity index (χ0v) is 7.35. The van der Waals surface area contributed by atoms with Gasteiger partial charge in [0.25, 0.3) is 0 Å². The van der Waals surface area contributed by atoms with Crippen LogP contribution in [0.5, 0.6) is 11.5 Å². The Kier molecular flexibility index (Phi) is 2.71. The summed E-state index contributed by atoms with van der Waals surface area (Å²) in [7, 11) is 1.32. The molecule has 0 radical (unpaired) electrons. The van der Waals surface area contributed by atoms with Gasteiger partial charge in [-0.3, -0.25) is 4.79 Å². The summed E-state index contributed by atoms with van der Waals surface area (Å²) in [5, 5.41) is 18.0. The van der Waals surface area contributed by atoms with Crippen molar-refractivity contribution in [3.05, 3.63) is 23.3 Å². The summed E-state index contributed by atoms with van der Waals surface area (Å²) < 4.78 is 4.77. The quantitative estimate of drug-likeness (QED) is 0.702. The molecule has 1 aromatic carbocycles. The highest BCUT2D eigenvalue weighted by atomic mass is 16.5. The number of hydrogen-bond acceptors (Lipinski definition) is 4. The Morgan fingerprint density at radius 3 is 2.57 bits per heavy atom. The summed E-state index contributed by atoms with van der Waals surface area (Å²) in [5.74, 6) is -1.73. The molecule has 0 spiro atoms. The van der Waals surface area contributed by atoms with Crippen LogP contribution in [0.15, 0.2) is 12.1 Å². The Hall–Kier alpha value is -2.04. The summed E-state index contributed by atoms with van der Waals surface area (Å²) in [5.41, 5.74) is -0.486. The van der Waals surface area contributed by atoms with Crippen molar-refractivity contribution in [2.45, 2.75) is 0 Å². The zero-order valence-electron chi connectivity index (χ0n) is 7.35. The predicted molar refractivity (Wildman–Crippen MR) is 47.0 cm³/mol. The molecular formula is C9H8O5. The minimum atomic E-state index is -1.30. The molecule has 1 rings (SSSR count). The van der Waals surface area contributed by atoms with Gasteiger partial charge in [0.1, 0.15) is 17.1 Å². The Bertz CT molecular complexity index is 383. The maximum absolute atomic E-state index is 10.6. The van der Waals surface area contributed by atoms with E-state index >= 15 is 0 Å². The molecule has 0 fully saturated rings. The van der Waals surface area contributed by atoms with Gasteiger partial charge in [0.2, 0.25) is 0 Å². The van der Waals surface area contributed by atoms with Gasteiger partial charge in [-0.25, -0.2) is 4.79 Å². The molecule has 0 aliphatic rings. The monoisotopic (exact) mass is 196 g/mol. The summed E-state index contributed by atoms with van der Waals surface area (Å²) in [6.07, 6.45) is 0.348. The summed E-state index contributed by atoms with van der Waals surface area (Å²) >= 11 is 0. The number of rotatable bonds is 3. The second-order valence-electron chi connectivity index (χ2n) is 2.50. The predicted octanol–water partition coefficient (Wildman–Crippen LogP) is 0.911. The number of benzene rings is 1. The van der Waals surface area contributed by atoms with Crippen LogP contribution in [0.4, 0.5) is 0 Å². The first-order valence-corrected chi connectivity index (χ1v) is 3.70. The highest BCUT2D eigenvalue weighted by Gasteiger charge is 2.16. The first-order chi connectivity index (χ1) is 6.61. The molecule has 0 saturated carbocycles. The average Bonchev–Trinajstić information content (AvgIpc) is 2.16. The molecule has 5 heteroatoms. The molecule has 1 aromatic rings. The SMILES string of the molecule is COc1ccc(C(=O)O)c(O)c1C=O. The fourth-order valence-corrected chi connectivity index (χ4v) is 1.05. The zero-order chi connectivity index (χ0) is 10.7. The second-order valence-corrected chi connectivity index (χ2v) is 2.50.